The summed E-state index contributed by atoms with van der Waals surface area (Å²) in [6, 6.07) is 25.7. The van der Waals surface area contributed by atoms with Crippen molar-refractivity contribution in [1.29, 1.82) is 0 Å². The Morgan fingerprint density at radius 1 is 0.931 bits per heavy atom. The van der Waals surface area contributed by atoms with Crippen molar-refractivity contribution >= 4 is 39.3 Å². The van der Waals surface area contributed by atoms with E-state index in [4.69, 9.17) is 0 Å². The molecule has 0 saturated carbocycles. The molecule has 0 aliphatic rings. The lowest BCUT2D eigenvalue weighted by Gasteiger charge is -2.06. The van der Waals surface area contributed by atoms with Crippen molar-refractivity contribution in [2.24, 2.45) is 0 Å². The molecule has 0 spiro atoms. The minimum absolute atomic E-state index is 0.102. The molecule has 0 saturated heterocycles. The van der Waals surface area contributed by atoms with Gasteiger partial charge in [-0.1, -0.05) is 88.4 Å². The summed E-state index contributed by atoms with van der Waals surface area (Å²) < 4.78 is 0.935. The maximum atomic E-state index is 12.3. The summed E-state index contributed by atoms with van der Waals surface area (Å²) in [5, 5.41) is 10.5. The number of rotatable bonds is 6. The Kier molecular flexibility index (Phi) is 6.07. The molecule has 0 unspecified atom stereocenters. The van der Waals surface area contributed by atoms with E-state index in [1.807, 2.05) is 66.7 Å². The molecular weight excluding hydrogens is 448 g/mol. The number of H-pyrrole nitrogens is 1. The second-order valence-electron chi connectivity index (χ2n) is 6.23. The first-order chi connectivity index (χ1) is 14.2. The number of nitrogens with zero attached hydrogens (tertiary/aromatic N) is 2. The Morgan fingerprint density at radius 3 is 2.38 bits per heavy atom. The Balaban J connectivity index is 1.33. The fourth-order valence-corrected chi connectivity index (χ4v) is 3.86. The number of anilines is 1. The predicted octanol–water partition coefficient (Wildman–Crippen LogP) is 5.63. The van der Waals surface area contributed by atoms with E-state index < -0.39 is 0 Å². The first kappa shape index (κ1) is 19.4. The van der Waals surface area contributed by atoms with E-state index >= 15 is 0 Å². The quantitative estimate of drug-likeness (QED) is 0.362. The monoisotopic (exact) mass is 464 g/mol. The highest BCUT2D eigenvalue weighted by atomic mass is 79.9. The Hall–Kier alpha value is -2.90. The van der Waals surface area contributed by atoms with Gasteiger partial charge >= 0.3 is 0 Å². The summed E-state index contributed by atoms with van der Waals surface area (Å²) in [6.45, 7) is 0. The number of halogens is 1. The zero-order valence-corrected chi connectivity index (χ0v) is 17.7. The van der Waals surface area contributed by atoms with Crippen LogP contribution < -0.4 is 5.32 Å². The van der Waals surface area contributed by atoms with E-state index in [-0.39, 0.29) is 11.7 Å². The second kappa shape index (κ2) is 9.07. The molecule has 4 aromatic rings. The number of aromatic nitrogens is 3. The van der Waals surface area contributed by atoms with Gasteiger partial charge in [0.15, 0.2) is 5.82 Å². The molecule has 2 N–H and O–H groups in total. The fraction of sp³-hybridized carbons (Fsp3) is 0.0455. The SMILES string of the molecule is O=C(CSc1n[nH]c(-c2ccccc2Br)n1)Nc1ccc(-c2ccccc2)cc1. The molecule has 1 amide bonds. The van der Waals surface area contributed by atoms with E-state index in [9.17, 15) is 4.79 Å². The topological polar surface area (TPSA) is 70.7 Å². The summed E-state index contributed by atoms with van der Waals surface area (Å²) in [4.78, 5) is 16.7. The normalized spacial score (nSPS) is 10.7. The fourth-order valence-electron chi connectivity index (χ4n) is 2.79. The molecule has 1 aromatic heterocycles. The van der Waals surface area contributed by atoms with Crippen molar-refractivity contribution in [3.05, 3.63) is 83.3 Å². The van der Waals surface area contributed by atoms with Gasteiger partial charge in [0.1, 0.15) is 0 Å². The summed E-state index contributed by atoms with van der Waals surface area (Å²) in [7, 11) is 0. The lowest BCUT2D eigenvalue weighted by molar-refractivity contribution is -0.113. The average molecular weight is 465 g/mol. The summed E-state index contributed by atoms with van der Waals surface area (Å²) >= 11 is 4.79. The van der Waals surface area contributed by atoms with Crippen LogP contribution in [0, 0.1) is 0 Å². The molecular formula is C22H17BrN4OS. The van der Waals surface area contributed by atoms with Gasteiger partial charge in [0, 0.05) is 15.7 Å². The van der Waals surface area contributed by atoms with Gasteiger partial charge in [0.05, 0.1) is 5.75 Å². The van der Waals surface area contributed by atoms with Crippen LogP contribution in [-0.4, -0.2) is 26.8 Å². The Labute approximate surface area is 181 Å². The molecule has 7 heteroatoms. The van der Waals surface area contributed by atoms with Crippen LogP contribution in [-0.2, 0) is 4.79 Å². The van der Waals surface area contributed by atoms with E-state index in [1.165, 1.54) is 11.8 Å². The molecule has 0 atom stereocenters. The molecule has 3 aromatic carbocycles. The molecule has 0 aliphatic carbocycles. The van der Waals surface area contributed by atoms with Crippen molar-refractivity contribution < 1.29 is 4.79 Å². The lowest BCUT2D eigenvalue weighted by Crippen LogP contribution is -2.14. The maximum absolute atomic E-state index is 12.3. The van der Waals surface area contributed by atoms with E-state index in [2.05, 4.69) is 48.6 Å². The zero-order chi connectivity index (χ0) is 20.1. The van der Waals surface area contributed by atoms with Gasteiger partial charge < -0.3 is 5.32 Å². The van der Waals surface area contributed by atoms with Crippen LogP contribution in [0.1, 0.15) is 0 Å². The zero-order valence-electron chi connectivity index (χ0n) is 15.3. The number of hydrogen-bond donors (Lipinski definition) is 2. The number of carbonyl (C=O) groups is 1. The Bertz CT molecular complexity index is 1110. The highest BCUT2D eigenvalue weighted by Gasteiger charge is 2.11. The van der Waals surface area contributed by atoms with Crippen molar-refractivity contribution in [3.8, 4) is 22.5 Å². The number of amides is 1. The molecule has 0 radical (unpaired) electrons. The third-order valence-electron chi connectivity index (χ3n) is 4.20. The number of thioether (sulfide) groups is 1. The predicted molar refractivity (Wildman–Crippen MR) is 121 cm³/mol. The molecule has 144 valence electrons. The third-order valence-corrected chi connectivity index (χ3v) is 5.74. The standard InChI is InChI=1S/C22H17BrN4OS/c23-19-9-5-4-8-18(19)21-25-22(27-26-21)29-14-20(28)24-17-12-10-16(11-13-17)15-6-2-1-3-7-15/h1-13H,14H2,(H,24,28)(H,25,26,27). The van der Waals surface area contributed by atoms with Crippen molar-refractivity contribution in [2.75, 3.05) is 11.1 Å². The van der Waals surface area contributed by atoms with Crippen LogP contribution in [0.25, 0.3) is 22.5 Å². The summed E-state index contributed by atoms with van der Waals surface area (Å²) in [6.07, 6.45) is 0. The largest absolute Gasteiger partial charge is 0.325 e. The molecule has 29 heavy (non-hydrogen) atoms. The Morgan fingerprint density at radius 2 is 1.62 bits per heavy atom. The van der Waals surface area contributed by atoms with Gasteiger partial charge in [0.2, 0.25) is 11.1 Å². The van der Waals surface area contributed by atoms with Gasteiger partial charge in [0.25, 0.3) is 0 Å². The van der Waals surface area contributed by atoms with Crippen molar-refractivity contribution in [2.45, 2.75) is 5.16 Å². The second-order valence-corrected chi connectivity index (χ2v) is 8.02. The van der Waals surface area contributed by atoms with Crippen LogP contribution in [0.5, 0.6) is 0 Å². The van der Waals surface area contributed by atoms with Gasteiger partial charge in [-0.15, -0.1) is 5.10 Å². The molecule has 0 aliphatic heterocycles. The first-order valence-corrected chi connectivity index (χ1v) is 10.7. The van der Waals surface area contributed by atoms with Crippen LogP contribution in [0.15, 0.2) is 88.5 Å². The van der Waals surface area contributed by atoms with Gasteiger partial charge in [-0.3, -0.25) is 9.89 Å². The highest BCUT2D eigenvalue weighted by Crippen LogP contribution is 2.26. The van der Waals surface area contributed by atoms with Gasteiger partial charge in [-0.25, -0.2) is 4.98 Å². The first-order valence-electron chi connectivity index (χ1n) is 8.94. The van der Waals surface area contributed by atoms with Gasteiger partial charge in [-0.2, -0.15) is 0 Å². The van der Waals surface area contributed by atoms with Crippen LogP contribution in [0.2, 0.25) is 0 Å². The highest BCUT2D eigenvalue weighted by molar-refractivity contribution is 9.10. The van der Waals surface area contributed by atoms with E-state index in [1.54, 1.807) is 0 Å². The van der Waals surface area contributed by atoms with Crippen LogP contribution in [0.3, 0.4) is 0 Å². The number of nitrogens with one attached hydrogen (secondary N) is 2. The van der Waals surface area contributed by atoms with Crippen LogP contribution >= 0.6 is 27.7 Å². The number of hydrogen-bond acceptors (Lipinski definition) is 4. The average Bonchev–Trinajstić information content (AvgIpc) is 3.23. The summed E-state index contributed by atoms with van der Waals surface area (Å²) in [5.74, 6) is 0.792. The van der Waals surface area contributed by atoms with E-state index in [0.717, 1.165) is 26.9 Å². The molecule has 5 nitrogen and oxygen atoms in total. The molecule has 1 heterocycles. The number of aromatic amines is 1. The van der Waals surface area contributed by atoms with Gasteiger partial charge in [-0.05, 0) is 29.3 Å². The third kappa shape index (κ3) is 4.93. The number of benzene rings is 3. The smallest absolute Gasteiger partial charge is 0.234 e. The number of carbonyl (C=O) groups excluding carboxylic acids is 1. The van der Waals surface area contributed by atoms with Crippen molar-refractivity contribution in [3.63, 3.8) is 0 Å². The van der Waals surface area contributed by atoms with E-state index in [0.29, 0.717) is 11.0 Å². The lowest BCUT2D eigenvalue weighted by atomic mass is 10.1. The molecule has 0 fully saturated rings. The van der Waals surface area contributed by atoms with Crippen molar-refractivity contribution in [1.82, 2.24) is 15.2 Å². The molecule has 4 rings (SSSR count). The van der Waals surface area contributed by atoms with Crippen LogP contribution in [0.4, 0.5) is 5.69 Å². The summed E-state index contributed by atoms with van der Waals surface area (Å²) in [5.41, 5.74) is 3.94. The molecule has 0 bridgehead atoms. The minimum Gasteiger partial charge on any atom is -0.325 e. The maximum Gasteiger partial charge on any atom is 0.234 e. The minimum atomic E-state index is -0.102.